The van der Waals surface area contributed by atoms with E-state index in [4.69, 9.17) is 52.1 Å². The molecule has 1 heterocycles. The number of hydrogen-bond acceptors (Lipinski definition) is 17. The molecule has 17 heteroatoms. The summed E-state index contributed by atoms with van der Waals surface area (Å²) in [5.74, 6) is 2.84. The van der Waals surface area contributed by atoms with Gasteiger partial charge in [-0.25, -0.2) is 0 Å². The second kappa shape index (κ2) is 42.6. The van der Waals surface area contributed by atoms with E-state index in [1.54, 1.807) is 28.7 Å². The molecule has 1 aliphatic rings. The topological polar surface area (TPSA) is 170 Å². The lowest BCUT2D eigenvalue weighted by Gasteiger charge is -2.29. The van der Waals surface area contributed by atoms with Crippen molar-refractivity contribution in [2.45, 2.75) is 137 Å². The Hall–Kier alpha value is -1.70. The molecule has 376 valence electrons. The summed E-state index contributed by atoms with van der Waals surface area (Å²) in [5.41, 5.74) is 0. The molecule has 0 N–H and O–H groups in total. The summed E-state index contributed by atoms with van der Waals surface area (Å²) in [5, 5.41) is 0. The van der Waals surface area contributed by atoms with E-state index in [9.17, 15) is 19.2 Å². The number of esters is 4. The van der Waals surface area contributed by atoms with Gasteiger partial charge in [-0.1, -0.05) is 114 Å². The first-order valence-electron chi connectivity index (χ1n) is 23.9. The van der Waals surface area contributed by atoms with Crippen LogP contribution in [0.25, 0.3) is 0 Å². The molecule has 0 aromatic rings. The van der Waals surface area contributed by atoms with Gasteiger partial charge in [-0.15, -0.1) is 0 Å². The summed E-state index contributed by atoms with van der Waals surface area (Å²) < 4.78 is 59.1. The molecular formula is C47H86O15S2. The third-order valence-corrected chi connectivity index (χ3v) is 13.0. The Balaban J connectivity index is 1.82. The maximum Gasteiger partial charge on any atom is 0.306 e. The molecule has 0 spiro atoms. The molecule has 1 rings (SSSR count). The Morgan fingerprint density at radius 3 is 1.09 bits per heavy atom. The average Bonchev–Trinajstić information content (AvgIpc) is 3.27. The minimum absolute atomic E-state index is 0.000340. The predicted octanol–water partition coefficient (Wildman–Crippen LogP) is 8.06. The smallest absolute Gasteiger partial charge is 0.306 e. The molecule has 5 atom stereocenters. The highest BCUT2D eigenvalue weighted by Crippen LogP contribution is 2.32. The van der Waals surface area contributed by atoms with Gasteiger partial charge in [0.15, 0.2) is 0 Å². The Morgan fingerprint density at radius 2 is 0.719 bits per heavy atom. The van der Waals surface area contributed by atoms with Gasteiger partial charge >= 0.3 is 23.9 Å². The van der Waals surface area contributed by atoms with E-state index in [0.717, 1.165) is 42.1 Å². The van der Waals surface area contributed by atoms with Crippen LogP contribution in [0.4, 0.5) is 0 Å². The van der Waals surface area contributed by atoms with Crippen LogP contribution in [0.1, 0.15) is 125 Å². The lowest BCUT2D eigenvalue weighted by Crippen LogP contribution is -2.37. The zero-order chi connectivity index (χ0) is 46.9. The van der Waals surface area contributed by atoms with Gasteiger partial charge in [-0.3, -0.25) is 19.2 Å². The Morgan fingerprint density at radius 1 is 0.406 bits per heavy atom. The van der Waals surface area contributed by atoms with Crippen molar-refractivity contribution in [1.82, 2.24) is 0 Å². The fraction of sp³-hybridized carbons (Fsp3) is 0.915. The normalized spacial score (nSPS) is 16.6. The third kappa shape index (κ3) is 38.4. The summed E-state index contributed by atoms with van der Waals surface area (Å²) in [4.78, 5) is 47.8. The van der Waals surface area contributed by atoms with Gasteiger partial charge in [0.05, 0.1) is 117 Å². The second-order valence-electron chi connectivity index (χ2n) is 17.0. The number of carbonyl (C=O) groups excluding carboxylic acids is 4. The molecule has 15 nitrogen and oxygen atoms in total. The molecule has 1 fully saturated rings. The van der Waals surface area contributed by atoms with Crippen LogP contribution < -0.4 is 0 Å². The van der Waals surface area contributed by atoms with Gasteiger partial charge in [0, 0.05) is 18.6 Å². The van der Waals surface area contributed by atoms with E-state index >= 15 is 0 Å². The Labute approximate surface area is 393 Å². The quantitative estimate of drug-likeness (QED) is 0.0248. The maximum absolute atomic E-state index is 12.1. The molecule has 64 heavy (non-hydrogen) atoms. The van der Waals surface area contributed by atoms with Crippen LogP contribution in [0.3, 0.4) is 0 Å². The Bertz CT molecular complexity index is 1150. The van der Waals surface area contributed by atoms with E-state index in [1.807, 2.05) is 0 Å². The molecule has 0 aliphatic carbocycles. The zero-order valence-electron chi connectivity index (χ0n) is 40.3. The van der Waals surface area contributed by atoms with Crippen LogP contribution in [0.15, 0.2) is 0 Å². The third-order valence-electron chi connectivity index (χ3n) is 10.6. The van der Waals surface area contributed by atoms with Crippen molar-refractivity contribution in [3.63, 3.8) is 0 Å². The predicted molar refractivity (Wildman–Crippen MR) is 250 cm³/mol. The second-order valence-corrected chi connectivity index (χ2v) is 19.5. The fourth-order valence-electron chi connectivity index (χ4n) is 6.59. The summed E-state index contributed by atoms with van der Waals surface area (Å²) in [6.45, 7) is 15.8. The van der Waals surface area contributed by atoms with Crippen molar-refractivity contribution in [2.24, 2.45) is 23.7 Å². The number of hydrogen-bond donors (Lipinski definition) is 0. The van der Waals surface area contributed by atoms with Crippen LogP contribution in [0.2, 0.25) is 0 Å². The Kier molecular flexibility index (Phi) is 40.2. The first-order chi connectivity index (χ1) is 31.0. The van der Waals surface area contributed by atoms with E-state index < -0.39 is 17.9 Å². The molecule has 0 aromatic carbocycles. The SMILES string of the molecule is CO[C@@H]1CSSC[C@H]1OCCOCCOCCOC(=O)CCC(=O)OCCOCCOCCOCCOC(=O)CCC(=O)OCCC(C)CCC[C@H](C)CCC[C@H](C)CCCC(C)C. The molecule has 0 amide bonds. The van der Waals surface area contributed by atoms with Crippen molar-refractivity contribution in [3.8, 4) is 0 Å². The fourth-order valence-corrected chi connectivity index (χ4v) is 9.10. The van der Waals surface area contributed by atoms with E-state index in [1.165, 1.54) is 51.4 Å². The van der Waals surface area contributed by atoms with Crippen LogP contribution in [0, 0.1) is 23.7 Å². The highest BCUT2D eigenvalue weighted by Gasteiger charge is 2.26. The highest BCUT2D eigenvalue weighted by atomic mass is 33.1. The van der Waals surface area contributed by atoms with Gasteiger partial charge in [-0.05, 0) is 30.1 Å². The minimum atomic E-state index is -0.516. The molecule has 0 aromatic heterocycles. The summed E-state index contributed by atoms with van der Waals surface area (Å²) in [6.07, 6.45) is 12.4. The van der Waals surface area contributed by atoms with Gasteiger partial charge in [-0.2, -0.15) is 0 Å². The average molecular weight is 955 g/mol. The van der Waals surface area contributed by atoms with Crippen LogP contribution in [0.5, 0.6) is 0 Å². The molecule has 0 radical (unpaired) electrons. The van der Waals surface area contributed by atoms with Crippen molar-refractivity contribution in [2.75, 3.05) is 118 Å². The van der Waals surface area contributed by atoms with Crippen molar-refractivity contribution in [1.29, 1.82) is 0 Å². The molecule has 1 unspecified atom stereocenters. The summed E-state index contributed by atoms with van der Waals surface area (Å²) in [6, 6.07) is 0. The van der Waals surface area contributed by atoms with Gasteiger partial charge in [0.1, 0.15) is 19.8 Å². The zero-order valence-corrected chi connectivity index (χ0v) is 42.0. The molecule has 0 saturated carbocycles. The molecule has 1 aliphatic heterocycles. The first kappa shape index (κ1) is 60.3. The van der Waals surface area contributed by atoms with Gasteiger partial charge in [0.2, 0.25) is 0 Å². The van der Waals surface area contributed by atoms with Crippen molar-refractivity contribution < 1.29 is 71.3 Å². The van der Waals surface area contributed by atoms with Crippen molar-refractivity contribution >= 4 is 45.5 Å². The number of methoxy groups -OCH3 is 1. The van der Waals surface area contributed by atoms with Gasteiger partial charge < -0.3 is 52.1 Å². The van der Waals surface area contributed by atoms with Gasteiger partial charge in [0.25, 0.3) is 0 Å². The highest BCUT2D eigenvalue weighted by molar-refractivity contribution is 8.76. The number of rotatable bonds is 44. The van der Waals surface area contributed by atoms with Crippen LogP contribution >= 0.6 is 21.6 Å². The molecule has 0 bridgehead atoms. The number of ether oxygens (including phenoxy) is 11. The standard InChI is InChI=1S/C47H86O15S2/c1-38(2)10-7-11-39(3)12-8-13-40(4)14-9-15-41(5)20-21-59-44(48)16-17-45(49)60-33-29-55-24-22-53-23-25-56-30-34-61-46(50)18-19-47(51)62-35-31-57-27-26-54-28-32-58-43-37-64-63-36-42(43)52-6/h38-43H,7-37H2,1-6H3/t39-,40-,41?,42-,43-/m1/s1. The summed E-state index contributed by atoms with van der Waals surface area (Å²) >= 11 is 0. The summed E-state index contributed by atoms with van der Waals surface area (Å²) in [7, 11) is 5.29. The largest absolute Gasteiger partial charge is 0.466 e. The van der Waals surface area contributed by atoms with Crippen LogP contribution in [-0.2, 0) is 71.3 Å². The lowest BCUT2D eigenvalue weighted by atomic mass is 9.91. The minimum Gasteiger partial charge on any atom is -0.466 e. The van der Waals surface area contributed by atoms with E-state index in [0.29, 0.717) is 65.4 Å². The lowest BCUT2D eigenvalue weighted by molar-refractivity contribution is -0.152. The molecular weight excluding hydrogens is 869 g/mol. The maximum atomic E-state index is 12.1. The van der Waals surface area contributed by atoms with E-state index in [2.05, 4.69) is 34.6 Å². The van der Waals surface area contributed by atoms with Crippen molar-refractivity contribution in [3.05, 3.63) is 0 Å². The van der Waals surface area contributed by atoms with Crippen LogP contribution in [-0.4, -0.2) is 154 Å². The first-order valence-corrected chi connectivity index (χ1v) is 26.4. The number of carbonyl (C=O) groups is 4. The monoisotopic (exact) mass is 955 g/mol. The van der Waals surface area contributed by atoms with E-state index in [-0.39, 0.29) is 83.5 Å². The molecule has 1 saturated heterocycles.